The van der Waals surface area contributed by atoms with Crippen LogP contribution in [0.2, 0.25) is 0 Å². The fourth-order valence-electron chi connectivity index (χ4n) is 3.40. The summed E-state index contributed by atoms with van der Waals surface area (Å²) in [5.74, 6) is 0.366. The van der Waals surface area contributed by atoms with Crippen LogP contribution in [0, 0.1) is 12.8 Å². The summed E-state index contributed by atoms with van der Waals surface area (Å²) in [5, 5.41) is 0. The summed E-state index contributed by atoms with van der Waals surface area (Å²) in [6.45, 7) is 4.45. The second-order valence-electron chi connectivity index (χ2n) is 6.76. The topological polar surface area (TPSA) is 0 Å². The lowest BCUT2D eigenvalue weighted by molar-refractivity contribution is 0.971. The second-order valence-corrected chi connectivity index (χ2v) is 7.81. The molecule has 0 saturated carbocycles. The highest BCUT2D eigenvalue weighted by Crippen LogP contribution is 2.50. The average molecular weight is 355 g/mol. The molecule has 0 fully saturated rings. The highest BCUT2D eigenvalue weighted by atomic mass is 32.2. The van der Waals surface area contributed by atoms with Crippen molar-refractivity contribution in [2.75, 3.05) is 0 Å². The molecular formula is C25H22S. The van der Waals surface area contributed by atoms with E-state index in [0.717, 1.165) is 0 Å². The van der Waals surface area contributed by atoms with E-state index in [1.807, 2.05) is 11.8 Å². The summed E-state index contributed by atoms with van der Waals surface area (Å²) >= 11 is 1.89. The Morgan fingerprint density at radius 3 is 1.85 bits per heavy atom. The average Bonchev–Trinajstić information content (AvgIpc) is 2.69. The van der Waals surface area contributed by atoms with Crippen molar-refractivity contribution in [2.45, 2.75) is 13.8 Å². The zero-order chi connectivity index (χ0) is 17.9. The molecule has 1 heteroatoms. The minimum atomic E-state index is 0.366. The number of thioether (sulfide) groups is 1. The first-order chi connectivity index (χ1) is 12.7. The van der Waals surface area contributed by atoms with E-state index in [2.05, 4.69) is 105 Å². The number of rotatable bonds is 3. The van der Waals surface area contributed by atoms with E-state index >= 15 is 0 Å². The van der Waals surface area contributed by atoms with Gasteiger partial charge in [0.1, 0.15) is 0 Å². The van der Waals surface area contributed by atoms with Gasteiger partial charge in [-0.2, -0.15) is 0 Å². The smallest absolute Gasteiger partial charge is 0.0238 e. The summed E-state index contributed by atoms with van der Waals surface area (Å²) in [4.78, 5) is 2.71. The third kappa shape index (κ3) is 3.40. The predicted octanol–water partition coefficient (Wildman–Crippen LogP) is 7.29. The van der Waals surface area contributed by atoms with Crippen LogP contribution in [0.1, 0.15) is 29.2 Å². The summed E-state index contributed by atoms with van der Waals surface area (Å²) in [5.41, 5.74) is 6.61. The van der Waals surface area contributed by atoms with Crippen LogP contribution in [0.25, 0.3) is 15.4 Å². The van der Waals surface area contributed by atoms with E-state index in [1.54, 1.807) is 0 Å². The van der Waals surface area contributed by atoms with Crippen molar-refractivity contribution >= 4 is 27.1 Å². The van der Waals surface area contributed by atoms with Crippen molar-refractivity contribution in [1.82, 2.24) is 0 Å². The first-order valence-electron chi connectivity index (χ1n) is 9.04. The Bertz CT molecular complexity index is 948. The van der Waals surface area contributed by atoms with Gasteiger partial charge in [0.25, 0.3) is 0 Å². The Hall–Kier alpha value is -2.51. The quantitative estimate of drug-likeness (QED) is 0.476. The summed E-state index contributed by atoms with van der Waals surface area (Å²) < 4.78 is 0. The van der Waals surface area contributed by atoms with Crippen LogP contribution in [-0.4, -0.2) is 0 Å². The Kier molecular flexibility index (Phi) is 4.81. The first kappa shape index (κ1) is 16.9. The van der Waals surface area contributed by atoms with Crippen molar-refractivity contribution in [3.63, 3.8) is 0 Å². The van der Waals surface area contributed by atoms with Crippen molar-refractivity contribution in [3.05, 3.63) is 113 Å². The SMILES string of the molecule is Cc1ccc(C2=C(c3ccccc3)C(C)C=C(c3ccccc3)S2)cc1. The third-order valence-electron chi connectivity index (χ3n) is 4.77. The predicted molar refractivity (Wildman–Crippen MR) is 116 cm³/mol. The molecule has 1 aliphatic rings. The highest BCUT2D eigenvalue weighted by molar-refractivity contribution is 8.16. The number of hydrogen-bond donors (Lipinski definition) is 0. The van der Waals surface area contributed by atoms with E-state index < -0.39 is 0 Å². The Morgan fingerprint density at radius 1 is 0.654 bits per heavy atom. The van der Waals surface area contributed by atoms with Crippen LogP contribution in [0.4, 0.5) is 0 Å². The molecule has 1 aliphatic heterocycles. The van der Waals surface area contributed by atoms with E-state index in [-0.39, 0.29) is 0 Å². The lowest BCUT2D eigenvalue weighted by atomic mass is 9.90. The van der Waals surface area contributed by atoms with E-state index in [0.29, 0.717) is 5.92 Å². The molecule has 0 amide bonds. The maximum Gasteiger partial charge on any atom is 0.0238 e. The molecule has 128 valence electrons. The minimum absolute atomic E-state index is 0.366. The molecule has 1 heterocycles. The molecule has 0 aromatic heterocycles. The zero-order valence-electron chi connectivity index (χ0n) is 15.1. The number of allylic oxidation sites excluding steroid dienone is 2. The first-order valence-corrected chi connectivity index (χ1v) is 9.86. The molecule has 0 N–H and O–H groups in total. The third-order valence-corrected chi connectivity index (χ3v) is 6.02. The largest absolute Gasteiger partial charge is 0.0888 e. The molecule has 0 radical (unpaired) electrons. The molecule has 0 bridgehead atoms. The molecule has 0 aliphatic carbocycles. The van der Waals surface area contributed by atoms with Crippen molar-refractivity contribution in [1.29, 1.82) is 0 Å². The fourth-order valence-corrected chi connectivity index (χ4v) is 4.82. The van der Waals surface area contributed by atoms with Gasteiger partial charge in [-0.05, 0) is 29.2 Å². The van der Waals surface area contributed by atoms with Gasteiger partial charge in [-0.25, -0.2) is 0 Å². The lowest BCUT2D eigenvalue weighted by Crippen LogP contribution is -2.04. The molecule has 0 nitrogen and oxygen atoms in total. The fraction of sp³-hybridized carbons (Fsp3) is 0.120. The van der Waals surface area contributed by atoms with Crippen LogP contribution < -0.4 is 0 Å². The molecule has 3 aromatic carbocycles. The molecular weight excluding hydrogens is 332 g/mol. The summed E-state index contributed by atoms with van der Waals surface area (Å²) in [6, 6.07) is 30.4. The maximum atomic E-state index is 2.40. The van der Waals surface area contributed by atoms with E-state index in [1.165, 1.54) is 37.6 Å². The van der Waals surface area contributed by atoms with Crippen molar-refractivity contribution < 1.29 is 0 Å². The van der Waals surface area contributed by atoms with Crippen molar-refractivity contribution in [2.24, 2.45) is 5.92 Å². The molecule has 0 spiro atoms. The van der Waals surface area contributed by atoms with Gasteiger partial charge in [0.15, 0.2) is 0 Å². The molecule has 4 rings (SSSR count). The van der Waals surface area contributed by atoms with Gasteiger partial charge >= 0.3 is 0 Å². The Balaban J connectivity index is 1.85. The maximum absolute atomic E-state index is 2.40. The standard InChI is InChI=1S/C25H22S/c1-18-13-15-22(16-14-18)25-24(21-11-7-4-8-12-21)19(2)17-23(26-25)20-9-5-3-6-10-20/h3-17,19H,1-2H3. The second kappa shape index (κ2) is 7.39. The van der Waals surface area contributed by atoms with Gasteiger partial charge in [0.05, 0.1) is 0 Å². The monoisotopic (exact) mass is 354 g/mol. The Morgan fingerprint density at radius 2 is 1.23 bits per heavy atom. The van der Waals surface area contributed by atoms with Crippen LogP contribution in [0.15, 0.2) is 91.0 Å². The molecule has 26 heavy (non-hydrogen) atoms. The van der Waals surface area contributed by atoms with Crippen LogP contribution in [-0.2, 0) is 0 Å². The van der Waals surface area contributed by atoms with Crippen molar-refractivity contribution in [3.8, 4) is 0 Å². The number of benzene rings is 3. The summed E-state index contributed by atoms with van der Waals surface area (Å²) in [6.07, 6.45) is 2.40. The Labute approximate surface area is 160 Å². The van der Waals surface area contributed by atoms with Gasteiger partial charge in [-0.3, -0.25) is 0 Å². The number of hydrogen-bond acceptors (Lipinski definition) is 1. The van der Waals surface area contributed by atoms with Gasteiger partial charge < -0.3 is 0 Å². The molecule has 1 unspecified atom stereocenters. The van der Waals surface area contributed by atoms with Gasteiger partial charge in [0.2, 0.25) is 0 Å². The highest BCUT2D eigenvalue weighted by Gasteiger charge is 2.23. The van der Waals surface area contributed by atoms with Crippen LogP contribution in [0.3, 0.4) is 0 Å². The normalized spacial score (nSPS) is 17.2. The zero-order valence-corrected chi connectivity index (χ0v) is 16.0. The van der Waals surface area contributed by atoms with Crippen LogP contribution >= 0.6 is 11.8 Å². The number of aryl methyl sites for hydroxylation is 1. The summed E-state index contributed by atoms with van der Waals surface area (Å²) in [7, 11) is 0. The molecule has 3 aromatic rings. The minimum Gasteiger partial charge on any atom is -0.0888 e. The molecule has 1 atom stereocenters. The lowest BCUT2D eigenvalue weighted by Gasteiger charge is -2.26. The van der Waals surface area contributed by atoms with E-state index in [9.17, 15) is 0 Å². The van der Waals surface area contributed by atoms with Gasteiger partial charge in [-0.15, -0.1) is 0 Å². The molecule has 0 saturated heterocycles. The van der Waals surface area contributed by atoms with E-state index in [4.69, 9.17) is 0 Å². The van der Waals surface area contributed by atoms with Gasteiger partial charge in [-0.1, -0.05) is 115 Å². The van der Waals surface area contributed by atoms with Crippen LogP contribution in [0.5, 0.6) is 0 Å². The van der Waals surface area contributed by atoms with Gasteiger partial charge in [0, 0.05) is 15.7 Å².